The van der Waals surface area contributed by atoms with Gasteiger partial charge in [0, 0.05) is 18.0 Å². The number of hydrogen-bond acceptors (Lipinski definition) is 5. The Morgan fingerprint density at radius 3 is 2.78 bits per heavy atom. The van der Waals surface area contributed by atoms with E-state index >= 15 is 0 Å². The molecule has 0 aliphatic heterocycles. The molecule has 5 nitrogen and oxygen atoms in total. The fourth-order valence-electron chi connectivity index (χ4n) is 2.44. The highest BCUT2D eigenvalue weighted by Crippen LogP contribution is 2.40. The molecule has 0 aromatic carbocycles. The maximum atomic E-state index is 5.46. The number of hydrazine groups is 1. The molecule has 18 heavy (non-hydrogen) atoms. The van der Waals surface area contributed by atoms with Crippen LogP contribution in [0.15, 0.2) is 6.07 Å². The Hall–Kier alpha value is -1.36. The zero-order valence-electron chi connectivity index (χ0n) is 10.8. The summed E-state index contributed by atoms with van der Waals surface area (Å²) in [5.74, 6) is 9.39. The first kappa shape index (κ1) is 11.7. The molecule has 0 saturated heterocycles. The van der Waals surface area contributed by atoms with Gasteiger partial charge < -0.3 is 10.7 Å². The first-order valence-electron chi connectivity index (χ1n) is 6.92. The summed E-state index contributed by atoms with van der Waals surface area (Å²) < 4.78 is 0. The van der Waals surface area contributed by atoms with Gasteiger partial charge in [-0.25, -0.2) is 15.8 Å². The molecule has 1 aromatic heterocycles. The van der Waals surface area contributed by atoms with E-state index in [1.807, 2.05) is 6.07 Å². The lowest BCUT2D eigenvalue weighted by Gasteiger charge is -2.09. The van der Waals surface area contributed by atoms with E-state index in [0.717, 1.165) is 17.6 Å². The van der Waals surface area contributed by atoms with Crippen molar-refractivity contribution >= 4 is 11.6 Å². The van der Waals surface area contributed by atoms with Crippen LogP contribution in [0.5, 0.6) is 0 Å². The Morgan fingerprint density at radius 1 is 1.33 bits per heavy atom. The normalized spacial score (nSPS) is 25.9. The Morgan fingerprint density at radius 2 is 2.11 bits per heavy atom. The summed E-state index contributed by atoms with van der Waals surface area (Å²) in [4.78, 5) is 9.01. The third kappa shape index (κ3) is 2.56. The lowest BCUT2D eigenvalue weighted by Crippen LogP contribution is -2.13. The lowest BCUT2D eigenvalue weighted by molar-refractivity contribution is 0.692. The molecule has 0 radical (unpaired) electrons. The lowest BCUT2D eigenvalue weighted by atomic mass is 10.2. The van der Waals surface area contributed by atoms with Gasteiger partial charge in [-0.05, 0) is 31.6 Å². The Balaban J connectivity index is 1.69. The average Bonchev–Trinajstić information content (AvgIpc) is 3.25. The fourth-order valence-corrected chi connectivity index (χ4v) is 2.44. The van der Waals surface area contributed by atoms with Crippen LogP contribution in [0.4, 0.5) is 11.6 Å². The van der Waals surface area contributed by atoms with Crippen molar-refractivity contribution in [2.75, 3.05) is 10.7 Å². The molecule has 2 atom stereocenters. The molecule has 0 amide bonds. The smallest absolute Gasteiger partial charge is 0.145 e. The van der Waals surface area contributed by atoms with Crippen LogP contribution in [0.3, 0.4) is 0 Å². The molecule has 3 rings (SSSR count). The van der Waals surface area contributed by atoms with Gasteiger partial charge in [-0.15, -0.1) is 0 Å². The van der Waals surface area contributed by atoms with Crippen LogP contribution in [-0.4, -0.2) is 16.0 Å². The molecule has 2 saturated carbocycles. The van der Waals surface area contributed by atoms with Crippen LogP contribution >= 0.6 is 0 Å². The van der Waals surface area contributed by atoms with E-state index < -0.39 is 0 Å². The average molecular weight is 247 g/mol. The van der Waals surface area contributed by atoms with Crippen molar-refractivity contribution in [1.82, 2.24) is 9.97 Å². The van der Waals surface area contributed by atoms with Gasteiger partial charge in [-0.1, -0.05) is 13.3 Å². The highest BCUT2D eigenvalue weighted by atomic mass is 15.3. The number of nitrogens with two attached hydrogens (primary N) is 1. The predicted octanol–water partition coefficient (Wildman–Crippen LogP) is 2.24. The number of nitrogen functional groups attached to an aromatic ring is 1. The second-order valence-corrected chi connectivity index (χ2v) is 5.45. The number of hydrogen-bond donors (Lipinski definition) is 3. The summed E-state index contributed by atoms with van der Waals surface area (Å²) in [6, 6.07) is 2.49. The summed E-state index contributed by atoms with van der Waals surface area (Å²) in [7, 11) is 0. The number of nitrogens with one attached hydrogen (secondary N) is 2. The van der Waals surface area contributed by atoms with Gasteiger partial charge in [0.2, 0.25) is 0 Å². The summed E-state index contributed by atoms with van der Waals surface area (Å²) in [6.45, 7) is 2.24. The topological polar surface area (TPSA) is 75.9 Å². The number of aromatic nitrogens is 2. The Labute approximate surface area is 108 Å². The minimum atomic E-state index is 0.546. The van der Waals surface area contributed by atoms with Gasteiger partial charge >= 0.3 is 0 Å². The van der Waals surface area contributed by atoms with Crippen molar-refractivity contribution in [3.8, 4) is 0 Å². The van der Waals surface area contributed by atoms with Gasteiger partial charge in [0.25, 0.3) is 0 Å². The largest absolute Gasteiger partial charge is 0.367 e. The highest BCUT2D eigenvalue weighted by Gasteiger charge is 2.36. The number of rotatable bonds is 6. The molecule has 0 spiro atoms. The first-order valence-corrected chi connectivity index (χ1v) is 6.92. The van der Waals surface area contributed by atoms with E-state index in [4.69, 9.17) is 5.84 Å². The van der Waals surface area contributed by atoms with E-state index in [1.165, 1.54) is 32.1 Å². The third-order valence-electron chi connectivity index (χ3n) is 3.75. The summed E-state index contributed by atoms with van der Waals surface area (Å²) in [6.07, 6.45) is 6.24. The molecule has 0 bridgehead atoms. The summed E-state index contributed by atoms with van der Waals surface area (Å²) in [5.41, 5.74) is 2.63. The van der Waals surface area contributed by atoms with Gasteiger partial charge in [-0.2, -0.15) is 0 Å². The van der Waals surface area contributed by atoms with E-state index in [9.17, 15) is 0 Å². The fraction of sp³-hybridized carbons (Fsp3) is 0.692. The molecule has 2 fully saturated rings. The van der Waals surface area contributed by atoms with E-state index in [1.54, 1.807) is 0 Å². The van der Waals surface area contributed by atoms with Crippen molar-refractivity contribution in [2.45, 2.75) is 51.0 Å². The second-order valence-electron chi connectivity index (χ2n) is 5.45. The summed E-state index contributed by atoms with van der Waals surface area (Å²) >= 11 is 0. The van der Waals surface area contributed by atoms with Gasteiger partial charge in [0.1, 0.15) is 17.5 Å². The SMILES string of the molecule is CCCC1CC1Nc1cc(NN)nc(C2CC2)n1. The van der Waals surface area contributed by atoms with Crippen LogP contribution in [0.2, 0.25) is 0 Å². The van der Waals surface area contributed by atoms with Gasteiger partial charge in [0.05, 0.1) is 0 Å². The maximum Gasteiger partial charge on any atom is 0.145 e. The maximum absolute atomic E-state index is 5.46. The molecule has 2 aliphatic rings. The van der Waals surface area contributed by atoms with E-state index in [-0.39, 0.29) is 0 Å². The Kier molecular flexibility index (Phi) is 3.07. The van der Waals surface area contributed by atoms with Crippen molar-refractivity contribution in [3.63, 3.8) is 0 Å². The van der Waals surface area contributed by atoms with Crippen molar-refractivity contribution in [3.05, 3.63) is 11.9 Å². The molecule has 2 aliphatic carbocycles. The zero-order valence-corrected chi connectivity index (χ0v) is 10.8. The number of anilines is 2. The van der Waals surface area contributed by atoms with Crippen molar-refractivity contribution < 1.29 is 0 Å². The van der Waals surface area contributed by atoms with Crippen molar-refractivity contribution in [2.24, 2.45) is 11.8 Å². The minimum absolute atomic E-state index is 0.546. The highest BCUT2D eigenvalue weighted by molar-refractivity contribution is 5.49. The van der Waals surface area contributed by atoms with Gasteiger partial charge in [0.15, 0.2) is 0 Å². The quantitative estimate of drug-likeness (QED) is 0.531. The molecular weight excluding hydrogens is 226 g/mol. The monoisotopic (exact) mass is 247 g/mol. The summed E-state index contributed by atoms with van der Waals surface area (Å²) in [5, 5.41) is 3.50. The number of nitrogens with zero attached hydrogens (tertiary/aromatic N) is 2. The van der Waals surface area contributed by atoms with Crippen LogP contribution < -0.4 is 16.6 Å². The molecule has 2 unspecified atom stereocenters. The Bertz CT molecular complexity index is 429. The molecule has 4 N–H and O–H groups in total. The van der Waals surface area contributed by atoms with Crippen molar-refractivity contribution in [1.29, 1.82) is 0 Å². The predicted molar refractivity (Wildman–Crippen MR) is 72.2 cm³/mol. The minimum Gasteiger partial charge on any atom is -0.367 e. The van der Waals surface area contributed by atoms with Crippen LogP contribution in [0.1, 0.15) is 50.8 Å². The molecule has 5 heteroatoms. The second kappa shape index (κ2) is 4.72. The standard InChI is InChI=1S/C13H21N5/c1-2-3-9-6-10(9)15-11-7-12(18-14)17-13(16-11)8-4-5-8/h7-10H,2-6,14H2,1H3,(H2,15,16,17,18). The first-order chi connectivity index (χ1) is 8.80. The zero-order chi connectivity index (χ0) is 12.5. The van der Waals surface area contributed by atoms with Crippen LogP contribution in [-0.2, 0) is 0 Å². The van der Waals surface area contributed by atoms with Gasteiger partial charge in [-0.3, -0.25) is 0 Å². The molecule has 1 heterocycles. The molecule has 98 valence electrons. The van der Waals surface area contributed by atoms with Crippen LogP contribution in [0.25, 0.3) is 0 Å². The third-order valence-corrected chi connectivity index (χ3v) is 3.75. The van der Waals surface area contributed by atoms with E-state index in [2.05, 4.69) is 27.6 Å². The van der Waals surface area contributed by atoms with Crippen LogP contribution in [0, 0.1) is 5.92 Å². The van der Waals surface area contributed by atoms with E-state index in [0.29, 0.717) is 17.8 Å². The molecule has 1 aromatic rings. The molecular formula is C13H21N5.